The van der Waals surface area contributed by atoms with E-state index in [0.29, 0.717) is 6.54 Å². The molecule has 3 rings (SSSR count). The smallest absolute Gasteiger partial charge is 0.241 e. The van der Waals surface area contributed by atoms with Gasteiger partial charge in [0.25, 0.3) is 0 Å². The highest BCUT2D eigenvalue weighted by Gasteiger charge is 2.28. The van der Waals surface area contributed by atoms with E-state index < -0.39 is 6.04 Å². The first-order valence-corrected chi connectivity index (χ1v) is 8.08. The Bertz CT molecular complexity index is 699. The molecule has 0 heterocycles. The summed E-state index contributed by atoms with van der Waals surface area (Å²) in [7, 11) is 1.62. The van der Waals surface area contributed by atoms with Crippen LogP contribution in [-0.2, 0) is 11.3 Å². The molecule has 24 heavy (non-hydrogen) atoms. The molecule has 0 bridgehead atoms. The van der Waals surface area contributed by atoms with Crippen molar-refractivity contribution < 1.29 is 13.9 Å². The van der Waals surface area contributed by atoms with Crippen molar-refractivity contribution in [3.05, 3.63) is 65.5 Å². The average Bonchev–Trinajstić information content (AvgIpc) is 3.41. The number of carbonyl (C=O) groups is 1. The number of halogens is 1. The molecule has 1 saturated carbocycles. The van der Waals surface area contributed by atoms with Gasteiger partial charge in [0.2, 0.25) is 5.91 Å². The Balaban J connectivity index is 1.73. The van der Waals surface area contributed by atoms with Crippen molar-refractivity contribution in [2.24, 2.45) is 0 Å². The fraction of sp³-hybridized carbons (Fsp3) is 0.316. The molecule has 5 heteroatoms. The molecule has 126 valence electrons. The second-order valence-corrected chi connectivity index (χ2v) is 6.00. The second kappa shape index (κ2) is 7.45. The quantitative estimate of drug-likeness (QED) is 0.822. The number of amides is 1. The average molecular weight is 328 g/mol. The molecule has 2 N–H and O–H groups in total. The van der Waals surface area contributed by atoms with E-state index in [1.54, 1.807) is 19.2 Å². The van der Waals surface area contributed by atoms with Crippen LogP contribution in [0.25, 0.3) is 0 Å². The second-order valence-electron chi connectivity index (χ2n) is 6.00. The van der Waals surface area contributed by atoms with Gasteiger partial charge >= 0.3 is 0 Å². The molecule has 0 aromatic heterocycles. The summed E-state index contributed by atoms with van der Waals surface area (Å²) in [6.07, 6.45) is 2.05. The monoisotopic (exact) mass is 328 g/mol. The van der Waals surface area contributed by atoms with Gasteiger partial charge in [0, 0.05) is 12.6 Å². The van der Waals surface area contributed by atoms with E-state index in [9.17, 15) is 9.18 Å². The number of rotatable bonds is 7. The predicted octanol–water partition coefficient (Wildman–Crippen LogP) is 2.94. The van der Waals surface area contributed by atoms with E-state index in [1.807, 2.05) is 24.3 Å². The summed E-state index contributed by atoms with van der Waals surface area (Å²) in [4.78, 5) is 12.5. The van der Waals surface area contributed by atoms with E-state index in [4.69, 9.17) is 4.74 Å². The fourth-order valence-electron chi connectivity index (χ4n) is 2.53. The summed E-state index contributed by atoms with van der Waals surface area (Å²) in [5.41, 5.74) is 1.76. The molecule has 2 aromatic rings. The van der Waals surface area contributed by atoms with Crippen LogP contribution in [0.2, 0.25) is 0 Å². The van der Waals surface area contributed by atoms with Gasteiger partial charge in [-0.25, -0.2) is 4.39 Å². The molecule has 1 aliphatic rings. The van der Waals surface area contributed by atoms with Gasteiger partial charge in [-0.15, -0.1) is 0 Å². The molecule has 1 amide bonds. The van der Waals surface area contributed by atoms with Crippen LogP contribution in [0.15, 0.2) is 48.5 Å². The Kier molecular flexibility index (Phi) is 5.11. The Morgan fingerprint density at radius 2 is 2.00 bits per heavy atom. The van der Waals surface area contributed by atoms with Gasteiger partial charge in [-0.05, 0) is 48.2 Å². The van der Waals surface area contributed by atoms with E-state index in [2.05, 4.69) is 10.6 Å². The van der Waals surface area contributed by atoms with Crippen LogP contribution in [0.4, 0.5) is 4.39 Å². The lowest BCUT2D eigenvalue weighted by atomic mass is 10.1. The third kappa shape index (κ3) is 4.32. The molecular formula is C19H21FN2O2. The lowest BCUT2D eigenvalue weighted by Crippen LogP contribution is -2.38. The minimum atomic E-state index is -0.516. The van der Waals surface area contributed by atoms with E-state index in [-0.39, 0.29) is 17.8 Å². The normalized spacial score (nSPS) is 14.9. The summed E-state index contributed by atoms with van der Waals surface area (Å²) in [5, 5.41) is 6.27. The van der Waals surface area contributed by atoms with Gasteiger partial charge in [0.1, 0.15) is 17.6 Å². The van der Waals surface area contributed by atoms with E-state index in [1.165, 1.54) is 12.1 Å². The molecule has 0 aliphatic heterocycles. The third-order valence-corrected chi connectivity index (χ3v) is 4.03. The zero-order valence-electron chi connectivity index (χ0n) is 13.6. The molecule has 0 spiro atoms. The maximum absolute atomic E-state index is 13.2. The van der Waals surface area contributed by atoms with Gasteiger partial charge in [-0.2, -0.15) is 0 Å². The predicted molar refractivity (Wildman–Crippen MR) is 90.1 cm³/mol. The van der Waals surface area contributed by atoms with Crippen LogP contribution < -0.4 is 15.4 Å². The third-order valence-electron chi connectivity index (χ3n) is 4.03. The summed E-state index contributed by atoms with van der Waals surface area (Å²) in [5.74, 6) is 0.384. The topological polar surface area (TPSA) is 50.4 Å². The molecule has 0 radical (unpaired) electrons. The lowest BCUT2D eigenvalue weighted by molar-refractivity contribution is -0.123. The standard InChI is InChI=1S/C19H21FN2O2/c1-24-17-4-2-3-13(11-17)12-21-18(19(23)22-16-9-10-16)14-5-7-15(20)8-6-14/h2-8,11,16,18,21H,9-10,12H2,1H3,(H,22,23). The highest BCUT2D eigenvalue weighted by Crippen LogP contribution is 2.22. The zero-order chi connectivity index (χ0) is 16.9. The van der Waals surface area contributed by atoms with Crippen molar-refractivity contribution in [1.29, 1.82) is 0 Å². The van der Waals surface area contributed by atoms with Crippen molar-refractivity contribution in [2.75, 3.05) is 7.11 Å². The number of carbonyl (C=O) groups excluding carboxylic acids is 1. The van der Waals surface area contributed by atoms with Crippen LogP contribution in [0.1, 0.15) is 30.0 Å². The van der Waals surface area contributed by atoms with Crippen molar-refractivity contribution in [1.82, 2.24) is 10.6 Å². The summed E-state index contributed by atoms with van der Waals surface area (Å²) < 4.78 is 18.4. The molecule has 1 unspecified atom stereocenters. The maximum Gasteiger partial charge on any atom is 0.241 e. The number of benzene rings is 2. The Morgan fingerprint density at radius 1 is 1.25 bits per heavy atom. The highest BCUT2D eigenvalue weighted by molar-refractivity contribution is 5.83. The van der Waals surface area contributed by atoms with Crippen LogP contribution in [0.5, 0.6) is 5.75 Å². The molecule has 2 aromatic carbocycles. The first-order chi connectivity index (χ1) is 11.7. The summed E-state index contributed by atoms with van der Waals surface area (Å²) in [6, 6.07) is 13.5. The number of nitrogens with one attached hydrogen (secondary N) is 2. The molecule has 4 nitrogen and oxygen atoms in total. The van der Waals surface area contributed by atoms with E-state index >= 15 is 0 Å². The first kappa shape index (κ1) is 16.5. The summed E-state index contributed by atoms with van der Waals surface area (Å²) in [6.45, 7) is 0.511. The molecule has 0 saturated heterocycles. The minimum absolute atomic E-state index is 0.0768. The zero-order valence-corrected chi connectivity index (χ0v) is 13.6. The van der Waals surface area contributed by atoms with Gasteiger partial charge in [0.05, 0.1) is 7.11 Å². The van der Waals surface area contributed by atoms with E-state index in [0.717, 1.165) is 29.7 Å². The van der Waals surface area contributed by atoms with Crippen LogP contribution in [0.3, 0.4) is 0 Å². The minimum Gasteiger partial charge on any atom is -0.497 e. The van der Waals surface area contributed by atoms with Gasteiger partial charge in [-0.1, -0.05) is 24.3 Å². The van der Waals surface area contributed by atoms with Crippen molar-refractivity contribution in [2.45, 2.75) is 31.5 Å². The lowest BCUT2D eigenvalue weighted by Gasteiger charge is -2.19. The number of hydrogen-bond acceptors (Lipinski definition) is 3. The SMILES string of the molecule is COc1cccc(CNC(C(=O)NC2CC2)c2ccc(F)cc2)c1. The largest absolute Gasteiger partial charge is 0.497 e. The van der Waals surface area contributed by atoms with Crippen molar-refractivity contribution >= 4 is 5.91 Å². The number of methoxy groups -OCH3 is 1. The number of hydrogen-bond donors (Lipinski definition) is 2. The Labute approximate surface area is 141 Å². The van der Waals surface area contributed by atoms with Crippen LogP contribution in [0, 0.1) is 5.82 Å². The highest BCUT2D eigenvalue weighted by atomic mass is 19.1. The van der Waals surface area contributed by atoms with Gasteiger partial charge in [0.15, 0.2) is 0 Å². The first-order valence-electron chi connectivity index (χ1n) is 8.08. The van der Waals surface area contributed by atoms with Gasteiger partial charge in [-0.3, -0.25) is 10.1 Å². The molecule has 1 fully saturated rings. The summed E-state index contributed by atoms with van der Waals surface area (Å²) >= 11 is 0. The molecule has 1 aliphatic carbocycles. The van der Waals surface area contributed by atoms with Gasteiger partial charge < -0.3 is 10.1 Å². The maximum atomic E-state index is 13.2. The van der Waals surface area contributed by atoms with Crippen LogP contribution in [-0.4, -0.2) is 19.1 Å². The molecule has 1 atom stereocenters. The Hall–Kier alpha value is -2.40. The van der Waals surface area contributed by atoms with Crippen molar-refractivity contribution in [3.8, 4) is 5.75 Å². The van der Waals surface area contributed by atoms with Crippen molar-refractivity contribution in [3.63, 3.8) is 0 Å². The Morgan fingerprint density at radius 3 is 2.67 bits per heavy atom. The molecular weight excluding hydrogens is 307 g/mol. The van der Waals surface area contributed by atoms with Crippen LogP contribution >= 0.6 is 0 Å². The number of ether oxygens (including phenoxy) is 1. The fourth-order valence-corrected chi connectivity index (χ4v) is 2.53.